The topological polar surface area (TPSA) is 63.3 Å². The van der Waals surface area contributed by atoms with Gasteiger partial charge in [-0.1, -0.05) is 0 Å². The number of hydrogen-bond donors (Lipinski definition) is 2. The Morgan fingerprint density at radius 2 is 2.22 bits per heavy atom. The summed E-state index contributed by atoms with van der Waals surface area (Å²) in [6.45, 7) is 1.70. The van der Waals surface area contributed by atoms with Gasteiger partial charge in [0.25, 0.3) is 0 Å². The van der Waals surface area contributed by atoms with E-state index in [1.54, 1.807) is 6.66 Å². The zero-order valence-electron chi connectivity index (χ0n) is 5.45. The minimum absolute atomic E-state index is 0.249. The molecule has 0 aromatic rings. The molecule has 54 valence electrons. The summed E-state index contributed by atoms with van der Waals surface area (Å²) in [4.78, 5) is 0. The molecule has 0 aromatic carbocycles. The van der Waals surface area contributed by atoms with E-state index in [9.17, 15) is 4.57 Å². The number of hydrogen-bond acceptors (Lipinski definition) is 3. The van der Waals surface area contributed by atoms with Crippen molar-refractivity contribution in [2.45, 2.75) is 12.1 Å². The summed E-state index contributed by atoms with van der Waals surface area (Å²) in [5, 5.41) is 9.04. The first-order valence-electron chi connectivity index (χ1n) is 3.00. The molecule has 0 aliphatic carbocycles. The maximum atomic E-state index is 11.2. The first kappa shape index (κ1) is 7.26. The summed E-state index contributed by atoms with van der Waals surface area (Å²) in [7, 11) is -2.03. The fraction of sp³-hybridized carbons (Fsp3) is 1.00. The molecule has 3 N–H and O–H groups in total. The zero-order valence-corrected chi connectivity index (χ0v) is 6.34. The van der Waals surface area contributed by atoms with Crippen molar-refractivity contribution in [1.82, 2.24) is 0 Å². The molecule has 1 aliphatic heterocycles. The van der Waals surface area contributed by atoms with Gasteiger partial charge in [0.1, 0.15) is 0 Å². The summed E-state index contributed by atoms with van der Waals surface area (Å²) >= 11 is 0. The average Bonchev–Trinajstić information content (AvgIpc) is 1.79. The van der Waals surface area contributed by atoms with Gasteiger partial charge in [0.15, 0.2) is 0 Å². The third-order valence-corrected chi connectivity index (χ3v) is 4.01. The Bertz CT molecular complexity index is 145. The molecule has 1 saturated heterocycles. The van der Waals surface area contributed by atoms with Gasteiger partial charge in [0.2, 0.25) is 0 Å². The van der Waals surface area contributed by atoms with Crippen LogP contribution in [0.1, 0.15) is 0 Å². The van der Waals surface area contributed by atoms with E-state index in [0.717, 1.165) is 0 Å². The van der Waals surface area contributed by atoms with Crippen molar-refractivity contribution < 1.29 is 9.67 Å². The second kappa shape index (κ2) is 2.08. The second-order valence-electron chi connectivity index (χ2n) is 2.89. The van der Waals surface area contributed by atoms with Crippen LogP contribution < -0.4 is 5.73 Å². The number of rotatable bonds is 0. The molecule has 9 heavy (non-hydrogen) atoms. The van der Waals surface area contributed by atoms with Crippen LogP contribution >= 0.6 is 7.14 Å². The lowest BCUT2D eigenvalue weighted by Crippen LogP contribution is -2.32. The van der Waals surface area contributed by atoms with Crippen molar-refractivity contribution >= 4 is 7.14 Å². The molecule has 0 spiro atoms. The molecule has 1 unspecified atom stereocenters. The Balaban J connectivity index is 2.65. The van der Waals surface area contributed by atoms with Crippen LogP contribution in [0.5, 0.6) is 0 Å². The van der Waals surface area contributed by atoms with E-state index >= 15 is 0 Å². The lowest BCUT2D eigenvalue weighted by atomic mass is 10.2. The summed E-state index contributed by atoms with van der Waals surface area (Å²) in [6, 6.07) is -0.249. The lowest BCUT2D eigenvalue weighted by Gasteiger charge is -2.03. The summed E-state index contributed by atoms with van der Waals surface area (Å²) in [6.07, 6.45) is 0.392. The van der Waals surface area contributed by atoms with Crippen LogP contribution in [0.4, 0.5) is 0 Å². The van der Waals surface area contributed by atoms with E-state index in [4.69, 9.17) is 10.8 Å². The van der Waals surface area contributed by atoms with Crippen LogP contribution in [-0.2, 0) is 4.57 Å². The van der Waals surface area contributed by atoms with Crippen LogP contribution in [0.15, 0.2) is 0 Å². The molecule has 3 nitrogen and oxygen atoms in total. The Morgan fingerprint density at radius 3 is 2.33 bits per heavy atom. The Labute approximate surface area is 54.6 Å². The highest BCUT2D eigenvalue weighted by atomic mass is 31.2. The maximum Gasteiger partial charge on any atom is 0.0890 e. The van der Waals surface area contributed by atoms with Gasteiger partial charge in [-0.3, -0.25) is 0 Å². The summed E-state index contributed by atoms with van der Waals surface area (Å²) in [5.41, 5.74) is 5.43. The van der Waals surface area contributed by atoms with Crippen molar-refractivity contribution in [3.05, 3.63) is 0 Å². The molecular weight excluding hydrogens is 137 g/mol. The van der Waals surface area contributed by atoms with Crippen molar-refractivity contribution in [2.75, 3.05) is 19.0 Å². The normalized spacial score (nSPS) is 51.9. The van der Waals surface area contributed by atoms with E-state index in [1.807, 2.05) is 0 Å². The van der Waals surface area contributed by atoms with Crippen molar-refractivity contribution in [3.8, 4) is 0 Å². The van der Waals surface area contributed by atoms with Gasteiger partial charge in [-0.25, -0.2) is 0 Å². The van der Waals surface area contributed by atoms with Gasteiger partial charge in [-0.15, -0.1) is 0 Å². The quantitative estimate of drug-likeness (QED) is 0.464. The Kier molecular flexibility index (Phi) is 1.68. The van der Waals surface area contributed by atoms with E-state index in [1.165, 1.54) is 0 Å². The minimum Gasteiger partial charge on any atom is -0.391 e. The van der Waals surface area contributed by atoms with Crippen LogP contribution in [-0.4, -0.2) is 36.2 Å². The van der Waals surface area contributed by atoms with Crippen LogP contribution in [0.25, 0.3) is 0 Å². The summed E-state index contributed by atoms with van der Waals surface area (Å²) < 4.78 is 11.2. The molecule has 1 aliphatic rings. The zero-order chi connectivity index (χ0) is 7.07. The Morgan fingerprint density at radius 1 is 1.67 bits per heavy atom. The van der Waals surface area contributed by atoms with Crippen LogP contribution in [0.3, 0.4) is 0 Å². The molecule has 3 atom stereocenters. The molecule has 1 rings (SSSR count). The van der Waals surface area contributed by atoms with Crippen molar-refractivity contribution in [3.63, 3.8) is 0 Å². The standard InChI is InChI=1S/C5H12NO2P/c1-9(8)2-4(6)5(7)3-9/h4-5,7H,2-3,6H2,1H3/t4-,5-,9?/m1/s1. The maximum absolute atomic E-state index is 11.2. The molecule has 4 heteroatoms. The highest BCUT2D eigenvalue weighted by Crippen LogP contribution is 2.47. The lowest BCUT2D eigenvalue weighted by molar-refractivity contribution is 0.183. The van der Waals surface area contributed by atoms with Crippen LogP contribution in [0, 0.1) is 0 Å². The highest BCUT2D eigenvalue weighted by Gasteiger charge is 2.34. The van der Waals surface area contributed by atoms with Gasteiger partial charge in [0.05, 0.1) is 13.2 Å². The SMILES string of the molecule is CP1(=O)C[C@@H](N)[C@H](O)C1. The minimum atomic E-state index is -2.03. The number of aliphatic hydroxyl groups is 1. The van der Waals surface area contributed by atoms with E-state index in [2.05, 4.69) is 0 Å². The largest absolute Gasteiger partial charge is 0.391 e. The van der Waals surface area contributed by atoms with Gasteiger partial charge in [-0.2, -0.15) is 0 Å². The molecular formula is C5H12NO2P. The number of aliphatic hydroxyl groups excluding tert-OH is 1. The molecule has 0 saturated carbocycles. The van der Waals surface area contributed by atoms with Crippen molar-refractivity contribution in [1.29, 1.82) is 0 Å². The van der Waals surface area contributed by atoms with Gasteiger partial charge in [-0.05, 0) is 6.66 Å². The van der Waals surface area contributed by atoms with Gasteiger partial charge < -0.3 is 15.4 Å². The molecule has 1 fully saturated rings. The van der Waals surface area contributed by atoms with Crippen LogP contribution in [0.2, 0.25) is 0 Å². The second-order valence-corrected chi connectivity index (χ2v) is 6.22. The molecule has 0 bridgehead atoms. The van der Waals surface area contributed by atoms with E-state index in [-0.39, 0.29) is 6.04 Å². The Hall–Kier alpha value is 0.150. The predicted octanol–water partition coefficient (Wildman–Crippen LogP) is -0.319. The van der Waals surface area contributed by atoms with Gasteiger partial charge >= 0.3 is 0 Å². The predicted molar refractivity (Wildman–Crippen MR) is 37.2 cm³/mol. The third kappa shape index (κ3) is 1.54. The van der Waals surface area contributed by atoms with Crippen molar-refractivity contribution in [2.24, 2.45) is 5.73 Å². The number of nitrogens with two attached hydrogens (primary N) is 1. The smallest absolute Gasteiger partial charge is 0.0890 e. The fourth-order valence-electron chi connectivity index (χ4n) is 1.17. The highest BCUT2D eigenvalue weighted by molar-refractivity contribution is 7.63. The van der Waals surface area contributed by atoms with E-state index in [0.29, 0.717) is 12.3 Å². The summed E-state index contributed by atoms with van der Waals surface area (Å²) in [5.74, 6) is 0. The first-order chi connectivity index (χ1) is 4.01. The molecule has 0 radical (unpaired) electrons. The molecule has 0 aromatic heterocycles. The third-order valence-electron chi connectivity index (χ3n) is 1.66. The monoisotopic (exact) mass is 149 g/mol. The average molecular weight is 149 g/mol. The first-order valence-corrected chi connectivity index (χ1v) is 5.53. The van der Waals surface area contributed by atoms with E-state index < -0.39 is 13.2 Å². The van der Waals surface area contributed by atoms with Gasteiger partial charge in [0, 0.05) is 18.4 Å². The molecule has 0 amide bonds. The molecule has 1 heterocycles. The fourth-order valence-corrected chi connectivity index (χ4v) is 3.52.